The van der Waals surface area contributed by atoms with E-state index >= 15 is 0 Å². The molecule has 2 aromatic rings. The van der Waals surface area contributed by atoms with Gasteiger partial charge >= 0.3 is 0 Å². The zero-order valence-electron chi connectivity index (χ0n) is 11.3. The third kappa shape index (κ3) is 4.12. The summed E-state index contributed by atoms with van der Waals surface area (Å²) in [6.07, 6.45) is 0. The standard InChI is InChI=1S/C16H15BrFNO2/c17-14-10-13(6-7-15(14)18)16(21)19(8-9-20)11-12-4-2-1-3-5-12/h1-7,10,20H,8-9,11H2. The lowest BCUT2D eigenvalue weighted by Gasteiger charge is -2.22. The summed E-state index contributed by atoms with van der Waals surface area (Å²) in [5.74, 6) is -0.656. The minimum absolute atomic E-state index is 0.124. The first-order chi connectivity index (χ1) is 10.1. The number of aliphatic hydroxyl groups excluding tert-OH is 1. The molecule has 0 spiro atoms. The number of hydrogen-bond donors (Lipinski definition) is 1. The van der Waals surface area contributed by atoms with Crippen LogP contribution in [0.3, 0.4) is 0 Å². The molecule has 0 unspecified atom stereocenters. The van der Waals surface area contributed by atoms with Gasteiger partial charge in [0.1, 0.15) is 5.82 Å². The van der Waals surface area contributed by atoms with Crippen molar-refractivity contribution in [2.75, 3.05) is 13.2 Å². The number of amides is 1. The average molecular weight is 352 g/mol. The molecule has 0 aliphatic rings. The number of benzene rings is 2. The van der Waals surface area contributed by atoms with Crippen molar-refractivity contribution in [2.45, 2.75) is 6.54 Å². The maximum atomic E-state index is 13.2. The highest BCUT2D eigenvalue weighted by Crippen LogP contribution is 2.18. The first-order valence-corrected chi connectivity index (χ1v) is 7.30. The maximum Gasteiger partial charge on any atom is 0.254 e. The van der Waals surface area contributed by atoms with Crippen LogP contribution in [0, 0.1) is 5.82 Å². The van der Waals surface area contributed by atoms with Gasteiger partial charge in [0.05, 0.1) is 11.1 Å². The molecule has 0 aliphatic carbocycles. The van der Waals surface area contributed by atoms with Gasteiger partial charge in [-0.3, -0.25) is 4.79 Å². The zero-order valence-corrected chi connectivity index (χ0v) is 12.9. The topological polar surface area (TPSA) is 40.5 Å². The first-order valence-electron chi connectivity index (χ1n) is 6.51. The number of carbonyl (C=O) groups is 1. The number of rotatable bonds is 5. The highest BCUT2D eigenvalue weighted by Gasteiger charge is 2.16. The van der Waals surface area contributed by atoms with Crippen LogP contribution in [-0.4, -0.2) is 29.1 Å². The van der Waals surface area contributed by atoms with Gasteiger partial charge in [-0.05, 0) is 39.7 Å². The summed E-state index contributed by atoms with van der Waals surface area (Å²) in [6, 6.07) is 13.7. The van der Waals surface area contributed by atoms with Crippen LogP contribution in [0.2, 0.25) is 0 Å². The van der Waals surface area contributed by atoms with E-state index in [1.165, 1.54) is 23.1 Å². The summed E-state index contributed by atoms with van der Waals surface area (Å²) in [5, 5.41) is 9.15. The second kappa shape index (κ2) is 7.33. The molecule has 21 heavy (non-hydrogen) atoms. The monoisotopic (exact) mass is 351 g/mol. The Hall–Kier alpha value is -1.72. The van der Waals surface area contributed by atoms with Crippen LogP contribution in [0.1, 0.15) is 15.9 Å². The molecule has 0 fully saturated rings. The van der Waals surface area contributed by atoms with Crippen molar-refractivity contribution in [1.29, 1.82) is 0 Å². The molecule has 1 amide bonds. The predicted molar refractivity (Wildman–Crippen MR) is 82.4 cm³/mol. The van der Waals surface area contributed by atoms with Crippen LogP contribution < -0.4 is 0 Å². The molecule has 110 valence electrons. The SMILES string of the molecule is O=C(c1ccc(F)c(Br)c1)N(CCO)Cc1ccccc1. The fraction of sp³-hybridized carbons (Fsp3) is 0.188. The number of aliphatic hydroxyl groups is 1. The fourth-order valence-corrected chi connectivity index (χ4v) is 2.37. The van der Waals surface area contributed by atoms with E-state index in [2.05, 4.69) is 15.9 Å². The van der Waals surface area contributed by atoms with Crippen molar-refractivity contribution in [1.82, 2.24) is 4.90 Å². The van der Waals surface area contributed by atoms with Crippen LogP contribution >= 0.6 is 15.9 Å². The summed E-state index contributed by atoms with van der Waals surface area (Å²) in [7, 11) is 0. The summed E-state index contributed by atoms with van der Waals surface area (Å²) in [5.41, 5.74) is 1.35. The summed E-state index contributed by atoms with van der Waals surface area (Å²) in [6.45, 7) is 0.499. The lowest BCUT2D eigenvalue weighted by molar-refractivity contribution is 0.0707. The van der Waals surface area contributed by atoms with Crippen LogP contribution in [0.15, 0.2) is 53.0 Å². The highest BCUT2D eigenvalue weighted by molar-refractivity contribution is 9.10. The molecule has 0 atom stereocenters. The summed E-state index contributed by atoms with van der Waals surface area (Å²) >= 11 is 3.07. The number of halogens is 2. The minimum Gasteiger partial charge on any atom is -0.395 e. The van der Waals surface area contributed by atoms with Gasteiger partial charge in [-0.15, -0.1) is 0 Å². The Morgan fingerprint density at radius 1 is 1.19 bits per heavy atom. The third-order valence-corrected chi connectivity index (χ3v) is 3.65. The lowest BCUT2D eigenvalue weighted by Crippen LogP contribution is -2.33. The minimum atomic E-state index is -0.414. The van der Waals surface area contributed by atoms with Gasteiger partial charge in [-0.2, -0.15) is 0 Å². The average Bonchev–Trinajstić information content (AvgIpc) is 2.50. The van der Waals surface area contributed by atoms with Crippen molar-refractivity contribution < 1.29 is 14.3 Å². The van der Waals surface area contributed by atoms with Crippen molar-refractivity contribution >= 4 is 21.8 Å². The van der Waals surface area contributed by atoms with E-state index in [4.69, 9.17) is 5.11 Å². The molecule has 1 N–H and O–H groups in total. The van der Waals surface area contributed by atoms with Crippen LogP contribution in [0.5, 0.6) is 0 Å². The molecule has 0 saturated heterocycles. The normalized spacial score (nSPS) is 10.4. The number of hydrogen-bond acceptors (Lipinski definition) is 2. The highest BCUT2D eigenvalue weighted by atomic mass is 79.9. The number of carbonyl (C=O) groups excluding carboxylic acids is 1. The van der Waals surface area contributed by atoms with Crippen molar-refractivity contribution in [3.8, 4) is 0 Å². The summed E-state index contributed by atoms with van der Waals surface area (Å²) in [4.78, 5) is 14.0. The molecule has 2 rings (SSSR count). The molecule has 5 heteroatoms. The van der Waals surface area contributed by atoms with Gasteiger partial charge in [0.15, 0.2) is 0 Å². The smallest absolute Gasteiger partial charge is 0.254 e. The van der Waals surface area contributed by atoms with Crippen LogP contribution in [0.25, 0.3) is 0 Å². The van der Waals surface area contributed by atoms with Gasteiger partial charge in [0.25, 0.3) is 5.91 Å². The predicted octanol–water partition coefficient (Wildman–Crippen LogP) is 3.22. The van der Waals surface area contributed by atoms with E-state index in [0.29, 0.717) is 12.1 Å². The van der Waals surface area contributed by atoms with E-state index in [1.54, 1.807) is 0 Å². The molecule has 3 nitrogen and oxygen atoms in total. The second-order valence-corrected chi connectivity index (χ2v) is 5.42. The van der Waals surface area contributed by atoms with Gasteiger partial charge < -0.3 is 10.0 Å². The Bertz CT molecular complexity index is 619. The van der Waals surface area contributed by atoms with E-state index in [1.807, 2.05) is 30.3 Å². The Morgan fingerprint density at radius 2 is 1.90 bits per heavy atom. The molecule has 0 bridgehead atoms. The van der Waals surface area contributed by atoms with Gasteiger partial charge in [0.2, 0.25) is 0 Å². The van der Waals surface area contributed by atoms with Gasteiger partial charge in [-0.1, -0.05) is 30.3 Å². The zero-order chi connectivity index (χ0) is 15.2. The molecular formula is C16H15BrFNO2. The summed E-state index contributed by atoms with van der Waals surface area (Å²) < 4.78 is 13.5. The van der Waals surface area contributed by atoms with Crippen molar-refractivity contribution in [2.24, 2.45) is 0 Å². The van der Waals surface area contributed by atoms with E-state index in [-0.39, 0.29) is 23.5 Å². The fourth-order valence-electron chi connectivity index (χ4n) is 1.99. The molecule has 0 aromatic heterocycles. The Morgan fingerprint density at radius 3 is 2.52 bits per heavy atom. The van der Waals surface area contributed by atoms with Crippen molar-refractivity contribution in [3.05, 3.63) is 69.9 Å². The van der Waals surface area contributed by atoms with Crippen LogP contribution in [-0.2, 0) is 6.54 Å². The first kappa shape index (κ1) is 15.7. The van der Waals surface area contributed by atoms with Crippen molar-refractivity contribution in [3.63, 3.8) is 0 Å². The van der Waals surface area contributed by atoms with E-state index < -0.39 is 5.82 Å². The van der Waals surface area contributed by atoms with Gasteiger partial charge in [0, 0.05) is 18.7 Å². The molecule has 0 saturated carbocycles. The molecular weight excluding hydrogens is 337 g/mol. The van der Waals surface area contributed by atoms with Crippen LogP contribution in [0.4, 0.5) is 4.39 Å². The van der Waals surface area contributed by atoms with E-state index in [0.717, 1.165) is 5.56 Å². The molecule has 0 radical (unpaired) electrons. The largest absolute Gasteiger partial charge is 0.395 e. The van der Waals surface area contributed by atoms with Gasteiger partial charge in [-0.25, -0.2) is 4.39 Å². The second-order valence-electron chi connectivity index (χ2n) is 4.56. The Kier molecular flexibility index (Phi) is 5.47. The lowest BCUT2D eigenvalue weighted by atomic mass is 10.1. The Labute approximate surface area is 131 Å². The third-order valence-electron chi connectivity index (χ3n) is 3.04. The number of nitrogens with zero attached hydrogens (tertiary/aromatic N) is 1. The molecule has 2 aromatic carbocycles. The van der Waals surface area contributed by atoms with E-state index in [9.17, 15) is 9.18 Å². The maximum absolute atomic E-state index is 13.2. The molecule has 0 heterocycles. The Balaban J connectivity index is 2.20. The molecule has 0 aliphatic heterocycles. The quantitative estimate of drug-likeness (QED) is 0.898.